The van der Waals surface area contributed by atoms with Crippen LogP contribution < -0.4 is 0 Å². The average Bonchev–Trinajstić information content (AvgIpc) is 2.26. The molecule has 0 nitrogen and oxygen atoms in total. The Bertz CT molecular complexity index is 313. The first-order chi connectivity index (χ1) is 7.33. The Labute approximate surface area is 93.7 Å². The number of unbranched alkanes of at least 4 members (excludes halogenated alkanes) is 2. The van der Waals surface area contributed by atoms with Crippen LogP contribution in [-0.2, 0) is 6.42 Å². The molecule has 0 aliphatic carbocycles. The van der Waals surface area contributed by atoms with E-state index in [0.29, 0.717) is 5.92 Å². The van der Waals surface area contributed by atoms with Crippen molar-refractivity contribution in [1.82, 2.24) is 0 Å². The smallest absolute Gasteiger partial charge is 0.0214 e. The first-order valence-corrected chi connectivity index (χ1v) is 5.85. The molecule has 0 saturated heterocycles. The van der Waals surface area contributed by atoms with Gasteiger partial charge in [0, 0.05) is 12.3 Å². The van der Waals surface area contributed by atoms with Crippen molar-refractivity contribution in [3.63, 3.8) is 0 Å². The summed E-state index contributed by atoms with van der Waals surface area (Å²) in [6, 6.07) is 10.6. The number of rotatable bonds is 4. The molecule has 0 fully saturated rings. The zero-order chi connectivity index (χ0) is 10.9. The van der Waals surface area contributed by atoms with E-state index in [1.165, 1.54) is 18.4 Å². The molecular weight excluding hydrogens is 180 g/mol. The monoisotopic (exact) mass is 200 g/mol. The van der Waals surface area contributed by atoms with Crippen molar-refractivity contribution >= 4 is 0 Å². The Morgan fingerprint density at radius 2 is 1.93 bits per heavy atom. The van der Waals surface area contributed by atoms with Gasteiger partial charge in [-0.1, -0.05) is 56.5 Å². The van der Waals surface area contributed by atoms with Crippen molar-refractivity contribution < 1.29 is 0 Å². The molecule has 0 aromatic heterocycles. The lowest BCUT2D eigenvalue weighted by atomic mass is 10.0. The zero-order valence-corrected chi connectivity index (χ0v) is 9.79. The van der Waals surface area contributed by atoms with Crippen LogP contribution in [0.5, 0.6) is 0 Å². The van der Waals surface area contributed by atoms with Crippen molar-refractivity contribution in [3.8, 4) is 11.8 Å². The van der Waals surface area contributed by atoms with Crippen molar-refractivity contribution in [2.45, 2.75) is 39.5 Å². The maximum atomic E-state index is 3.32. The average molecular weight is 200 g/mol. The summed E-state index contributed by atoms with van der Waals surface area (Å²) in [5.74, 6) is 7.05. The van der Waals surface area contributed by atoms with Gasteiger partial charge in [0.1, 0.15) is 0 Å². The molecule has 0 saturated carbocycles. The van der Waals surface area contributed by atoms with E-state index < -0.39 is 0 Å². The molecule has 0 radical (unpaired) electrons. The molecule has 15 heavy (non-hydrogen) atoms. The Kier molecular flexibility index (Phi) is 5.63. The molecule has 0 bridgehead atoms. The van der Waals surface area contributed by atoms with Crippen LogP contribution in [0.2, 0.25) is 0 Å². The summed E-state index contributed by atoms with van der Waals surface area (Å²) < 4.78 is 0. The minimum absolute atomic E-state index is 0.476. The highest BCUT2D eigenvalue weighted by Crippen LogP contribution is 2.07. The second kappa shape index (κ2) is 7.12. The van der Waals surface area contributed by atoms with Crippen LogP contribution >= 0.6 is 0 Å². The van der Waals surface area contributed by atoms with Crippen LogP contribution in [0.15, 0.2) is 30.3 Å². The Balaban J connectivity index is 2.35. The molecule has 1 rings (SSSR count). The SMILES string of the molecule is CCCCC#CC(C)Cc1ccccc1. The van der Waals surface area contributed by atoms with Gasteiger partial charge in [-0.15, -0.1) is 5.92 Å². The van der Waals surface area contributed by atoms with Crippen molar-refractivity contribution in [2.24, 2.45) is 5.92 Å². The quantitative estimate of drug-likeness (QED) is 0.508. The lowest BCUT2D eigenvalue weighted by Gasteiger charge is -2.03. The molecule has 1 aromatic carbocycles. The second-order valence-corrected chi connectivity index (χ2v) is 4.02. The van der Waals surface area contributed by atoms with Crippen molar-refractivity contribution in [1.29, 1.82) is 0 Å². The van der Waals surface area contributed by atoms with Crippen LogP contribution in [-0.4, -0.2) is 0 Å². The molecule has 1 unspecified atom stereocenters. The number of hydrogen-bond acceptors (Lipinski definition) is 0. The summed E-state index contributed by atoms with van der Waals surface area (Å²) >= 11 is 0. The highest BCUT2D eigenvalue weighted by atomic mass is 14.0. The third-order valence-electron chi connectivity index (χ3n) is 2.39. The summed E-state index contributed by atoms with van der Waals surface area (Å²) in [5, 5.41) is 0. The maximum absolute atomic E-state index is 3.32. The normalized spacial score (nSPS) is 11.6. The fraction of sp³-hybridized carbons (Fsp3) is 0.467. The first kappa shape index (κ1) is 11.9. The molecule has 0 aliphatic rings. The molecule has 0 N–H and O–H groups in total. The minimum atomic E-state index is 0.476. The molecule has 1 atom stereocenters. The fourth-order valence-electron chi connectivity index (χ4n) is 1.53. The standard InChI is InChI=1S/C15H20/c1-3-4-5-7-10-14(2)13-15-11-8-6-9-12-15/h6,8-9,11-12,14H,3-5,13H2,1-2H3. The van der Waals surface area contributed by atoms with Crippen molar-refractivity contribution in [2.75, 3.05) is 0 Å². The van der Waals surface area contributed by atoms with E-state index in [9.17, 15) is 0 Å². The lowest BCUT2D eigenvalue weighted by molar-refractivity contribution is 0.746. The second-order valence-electron chi connectivity index (χ2n) is 4.02. The molecule has 0 aliphatic heterocycles. The van der Waals surface area contributed by atoms with Gasteiger partial charge < -0.3 is 0 Å². The summed E-state index contributed by atoms with van der Waals surface area (Å²) in [5.41, 5.74) is 1.38. The summed E-state index contributed by atoms with van der Waals surface area (Å²) in [6.07, 6.45) is 4.59. The first-order valence-electron chi connectivity index (χ1n) is 5.85. The van der Waals surface area contributed by atoms with E-state index in [4.69, 9.17) is 0 Å². The van der Waals surface area contributed by atoms with E-state index in [-0.39, 0.29) is 0 Å². The maximum Gasteiger partial charge on any atom is 0.0214 e. The molecule has 80 valence electrons. The van der Waals surface area contributed by atoms with E-state index in [1.807, 2.05) is 0 Å². The highest BCUT2D eigenvalue weighted by molar-refractivity contribution is 5.17. The summed E-state index contributed by atoms with van der Waals surface area (Å²) in [6.45, 7) is 4.40. The fourth-order valence-corrected chi connectivity index (χ4v) is 1.53. The number of hydrogen-bond donors (Lipinski definition) is 0. The van der Waals surface area contributed by atoms with Crippen LogP contribution in [0, 0.1) is 17.8 Å². The van der Waals surface area contributed by atoms with Crippen LogP contribution in [0.25, 0.3) is 0 Å². The third kappa shape index (κ3) is 5.27. The van der Waals surface area contributed by atoms with Gasteiger partial charge in [0.05, 0.1) is 0 Å². The van der Waals surface area contributed by atoms with Gasteiger partial charge in [0.2, 0.25) is 0 Å². The van der Waals surface area contributed by atoms with Gasteiger partial charge >= 0.3 is 0 Å². The van der Waals surface area contributed by atoms with Gasteiger partial charge in [-0.25, -0.2) is 0 Å². The molecular formula is C15H20. The van der Waals surface area contributed by atoms with Crippen LogP contribution in [0.3, 0.4) is 0 Å². The van der Waals surface area contributed by atoms with E-state index in [0.717, 1.165) is 12.8 Å². The van der Waals surface area contributed by atoms with Gasteiger partial charge in [0.15, 0.2) is 0 Å². The van der Waals surface area contributed by atoms with E-state index >= 15 is 0 Å². The summed E-state index contributed by atoms with van der Waals surface area (Å²) in [7, 11) is 0. The molecule has 0 heteroatoms. The van der Waals surface area contributed by atoms with Gasteiger partial charge in [-0.05, 0) is 18.4 Å². The van der Waals surface area contributed by atoms with Crippen LogP contribution in [0.4, 0.5) is 0 Å². The van der Waals surface area contributed by atoms with Gasteiger partial charge in [-0.3, -0.25) is 0 Å². The van der Waals surface area contributed by atoms with Crippen LogP contribution in [0.1, 0.15) is 38.7 Å². The van der Waals surface area contributed by atoms with Gasteiger partial charge in [0.25, 0.3) is 0 Å². The van der Waals surface area contributed by atoms with E-state index in [1.54, 1.807) is 0 Å². The molecule has 0 amide bonds. The van der Waals surface area contributed by atoms with E-state index in [2.05, 4.69) is 56.0 Å². The number of benzene rings is 1. The predicted octanol–water partition coefficient (Wildman–Crippen LogP) is 4.06. The molecule has 0 spiro atoms. The highest BCUT2D eigenvalue weighted by Gasteiger charge is 1.98. The predicted molar refractivity (Wildman–Crippen MR) is 66.6 cm³/mol. The lowest BCUT2D eigenvalue weighted by Crippen LogP contribution is -1.95. The Morgan fingerprint density at radius 3 is 2.60 bits per heavy atom. The Hall–Kier alpha value is -1.22. The summed E-state index contributed by atoms with van der Waals surface area (Å²) in [4.78, 5) is 0. The van der Waals surface area contributed by atoms with Gasteiger partial charge in [-0.2, -0.15) is 0 Å². The minimum Gasteiger partial charge on any atom is -0.103 e. The largest absolute Gasteiger partial charge is 0.103 e. The molecule has 0 heterocycles. The van der Waals surface area contributed by atoms with Crippen molar-refractivity contribution in [3.05, 3.63) is 35.9 Å². The Morgan fingerprint density at radius 1 is 1.20 bits per heavy atom. The topological polar surface area (TPSA) is 0 Å². The third-order valence-corrected chi connectivity index (χ3v) is 2.39. The zero-order valence-electron chi connectivity index (χ0n) is 9.79. The molecule has 1 aromatic rings.